The average Bonchev–Trinajstić information content (AvgIpc) is 2.90. The number of amides is 2. The second-order valence-corrected chi connectivity index (χ2v) is 10.6. The van der Waals surface area contributed by atoms with Crippen LogP contribution in [0.3, 0.4) is 0 Å². The molecule has 5 rings (SSSR count). The van der Waals surface area contributed by atoms with E-state index in [1.165, 1.54) is 11.6 Å². The highest BCUT2D eigenvalue weighted by atomic mass is 19.1. The lowest BCUT2D eigenvalue weighted by atomic mass is 9.77. The number of fused-ring (bicyclic) bond motifs is 1. The quantitative estimate of drug-likeness (QED) is 0.371. The second-order valence-electron chi connectivity index (χ2n) is 10.6. The molecule has 2 aliphatic rings. The van der Waals surface area contributed by atoms with E-state index >= 15 is 0 Å². The number of benzene rings is 3. The monoisotopic (exact) mass is 516 g/mol. The molecule has 0 saturated heterocycles. The normalized spacial score (nSPS) is 20.8. The number of anilines is 2. The molecule has 0 radical (unpaired) electrons. The summed E-state index contributed by atoms with van der Waals surface area (Å²) in [6, 6.07) is 18.7. The van der Waals surface area contributed by atoms with Crippen LogP contribution in [0.5, 0.6) is 5.75 Å². The number of carboxylic acid groups (broad SMARTS) is 1. The second kappa shape index (κ2) is 10.9. The largest absolute Gasteiger partial charge is 0.487 e. The summed E-state index contributed by atoms with van der Waals surface area (Å²) in [5, 5.41) is 11.9. The highest BCUT2D eigenvalue weighted by molar-refractivity contribution is 6.03. The van der Waals surface area contributed by atoms with Gasteiger partial charge in [-0.25, -0.2) is 9.18 Å². The van der Waals surface area contributed by atoms with E-state index in [-0.39, 0.29) is 24.4 Å². The third-order valence-electron chi connectivity index (χ3n) is 7.70. The van der Waals surface area contributed by atoms with E-state index in [9.17, 15) is 14.0 Å². The number of aliphatic carboxylic acids is 1. The number of hydrogen-bond acceptors (Lipinski definition) is 3. The summed E-state index contributed by atoms with van der Waals surface area (Å²) >= 11 is 0. The molecule has 0 aromatic heterocycles. The van der Waals surface area contributed by atoms with Crippen molar-refractivity contribution in [2.45, 2.75) is 58.0 Å². The zero-order valence-electron chi connectivity index (χ0n) is 21.7. The van der Waals surface area contributed by atoms with Gasteiger partial charge in [0.1, 0.15) is 17.7 Å². The van der Waals surface area contributed by atoms with Crippen LogP contribution >= 0.6 is 0 Å². The predicted molar refractivity (Wildman–Crippen MR) is 146 cm³/mol. The van der Waals surface area contributed by atoms with Crippen molar-refractivity contribution in [3.63, 3.8) is 0 Å². The van der Waals surface area contributed by atoms with Gasteiger partial charge in [0.15, 0.2) is 0 Å². The van der Waals surface area contributed by atoms with Gasteiger partial charge in [-0.2, -0.15) is 0 Å². The minimum absolute atomic E-state index is 0.183. The summed E-state index contributed by atoms with van der Waals surface area (Å²) in [7, 11) is 0. The summed E-state index contributed by atoms with van der Waals surface area (Å²) in [6.45, 7) is 4.00. The predicted octanol–water partition coefficient (Wildman–Crippen LogP) is 7.37. The van der Waals surface area contributed by atoms with Crippen LogP contribution in [0.15, 0.2) is 60.7 Å². The first-order valence-electron chi connectivity index (χ1n) is 13.2. The van der Waals surface area contributed by atoms with Crippen LogP contribution in [0.1, 0.15) is 56.1 Å². The summed E-state index contributed by atoms with van der Waals surface area (Å²) in [5.41, 5.74) is 5.07. The fraction of sp³-hybridized carbons (Fsp3) is 0.355. The minimum atomic E-state index is -0.701. The number of nitrogens with one attached hydrogen (secondary N) is 1. The molecule has 1 aliphatic carbocycles. The lowest BCUT2D eigenvalue weighted by molar-refractivity contribution is -0.138. The number of carbonyl (C=O) groups is 2. The molecule has 1 unspecified atom stereocenters. The lowest BCUT2D eigenvalue weighted by Crippen LogP contribution is -2.44. The molecule has 2 amide bonds. The molecular weight excluding hydrogens is 483 g/mol. The summed E-state index contributed by atoms with van der Waals surface area (Å²) in [5.74, 6) is 0.401. The SMILES string of the molecule is Cc1cc(NC(=O)N2CC(C)Oc3cc(-c4ccc([C@H]5CC[C@H](CC(=O)O)CC5)cc4)ccc32)ccc1F. The number of urea groups is 1. The summed E-state index contributed by atoms with van der Waals surface area (Å²) < 4.78 is 19.7. The Bertz CT molecular complexity index is 1330. The van der Waals surface area contributed by atoms with Crippen LogP contribution in [0, 0.1) is 18.7 Å². The van der Waals surface area contributed by atoms with Crippen molar-refractivity contribution in [2.24, 2.45) is 5.92 Å². The number of aryl methyl sites for hydroxylation is 1. The Morgan fingerprint density at radius 2 is 1.71 bits per heavy atom. The van der Waals surface area contributed by atoms with Gasteiger partial charge >= 0.3 is 12.0 Å². The number of halogens is 1. The molecule has 1 fully saturated rings. The highest BCUT2D eigenvalue weighted by Crippen LogP contribution is 2.40. The Balaban J connectivity index is 1.29. The average molecular weight is 517 g/mol. The van der Waals surface area contributed by atoms with Crippen molar-refractivity contribution in [3.8, 4) is 16.9 Å². The standard InChI is InChI=1S/C31H33FN2O4/c1-19-15-26(12-13-27(19)32)33-31(37)34-18-20(2)38-29-17-25(11-14-28(29)34)24-9-7-23(8-10-24)22-5-3-21(4-6-22)16-30(35)36/h7-15,17,20-22H,3-6,16,18H2,1-2H3,(H,33,37)(H,35,36)/t20?,21-,22-. The van der Waals surface area contributed by atoms with E-state index in [0.717, 1.165) is 36.8 Å². The van der Waals surface area contributed by atoms with Gasteiger partial charge in [-0.3, -0.25) is 9.69 Å². The molecule has 1 atom stereocenters. The molecule has 1 aliphatic heterocycles. The molecule has 1 heterocycles. The van der Waals surface area contributed by atoms with Gasteiger partial charge in [-0.05, 0) is 104 Å². The van der Waals surface area contributed by atoms with E-state index in [1.54, 1.807) is 24.0 Å². The van der Waals surface area contributed by atoms with Gasteiger partial charge in [0, 0.05) is 12.1 Å². The Kier molecular flexibility index (Phi) is 7.36. The van der Waals surface area contributed by atoms with Crippen molar-refractivity contribution in [2.75, 3.05) is 16.8 Å². The van der Waals surface area contributed by atoms with E-state index in [2.05, 4.69) is 29.6 Å². The van der Waals surface area contributed by atoms with Crippen LogP contribution in [-0.2, 0) is 4.79 Å². The first kappa shape index (κ1) is 25.8. The molecule has 7 heteroatoms. The van der Waals surface area contributed by atoms with Crippen LogP contribution < -0.4 is 15.0 Å². The first-order valence-corrected chi connectivity index (χ1v) is 13.2. The van der Waals surface area contributed by atoms with Crippen molar-refractivity contribution < 1.29 is 23.8 Å². The molecule has 1 saturated carbocycles. The van der Waals surface area contributed by atoms with Crippen LogP contribution in [0.2, 0.25) is 0 Å². The smallest absolute Gasteiger partial charge is 0.326 e. The van der Waals surface area contributed by atoms with E-state index in [4.69, 9.17) is 9.84 Å². The number of carboxylic acids is 1. The summed E-state index contributed by atoms with van der Waals surface area (Å²) in [4.78, 5) is 25.8. The molecule has 3 aromatic carbocycles. The van der Waals surface area contributed by atoms with Gasteiger partial charge in [0.2, 0.25) is 0 Å². The number of nitrogens with zero attached hydrogens (tertiary/aromatic N) is 1. The molecule has 6 nitrogen and oxygen atoms in total. The van der Waals surface area contributed by atoms with Crippen LogP contribution in [0.4, 0.5) is 20.6 Å². The van der Waals surface area contributed by atoms with Gasteiger partial charge in [0.25, 0.3) is 0 Å². The minimum Gasteiger partial charge on any atom is -0.487 e. The molecule has 0 spiro atoms. The fourth-order valence-corrected chi connectivity index (χ4v) is 5.62. The number of hydrogen-bond donors (Lipinski definition) is 2. The maximum Gasteiger partial charge on any atom is 0.326 e. The van der Waals surface area contributed by atoms with Gasteiger partial charge in [-0.1, -0.05) is 30.3 Å². The van der Waals surface area contributed by atoms with Gasteiger partial charge in [0.05, 0.1) is 12.2 Å². The molecular formula is C31H33FN2O4. The molecule has 3 aromatic rings. The molecule has 2 N–H and O–H groups in total. The van der Waals surface area contributed by atoms with Crippen molar-refractivity contribution in [1.82, 2.24) is 0 Å². The third-order valence-corrected chi connectivity index (χ3v) is 7.70. The Labute approximate surface area is 222 Å². The number of carbonyl (C=O) groups excluding carboxylic acids is 1. The Morgan fingerprint density at radius 1 is 1.00 bits per heavy atom. The van der Waals surface area contributed by atoms with E-state index in [1.807, 2.05) is 25.1 Å². The van der Waals surface area contributed by atoms with Gasteiger partial charge in [-0.15, -0.1) is 0 Å². The Morgan fingerprint density at radius 3 is 2.39 bits per heavy atom. The van der Waals surface area contributed by atoms with E-state index < -0.39 is 5.97 Å². The van der Waals surface area contributed by atoms with Crippen LogP contribution in [-0.4, -0.2) is 29.8 Å². The first-order chi connectivity index (χ1) is 18.3. The van der Waals surface area contributed by atoms with Crippen molar-refractivity contribution >= 4 is 23.4 Å². The Hall–Kier alpha value is -3.87. The van der Waals surface area contributed by atoms with Gasteiger partial charge < -0.3 is 15.2 Å². The molecule has 198 valence electrons. The van der Waals surface area contributed by atoms with Crippen molar-refractivity contribution in [3.05, 3.63) is 77.6 Å². The lowest BCUT2D eigenvalue weighted by Gasteiger charge is -2.33. The number of rotatable bonds is 5. The maximum absolute atomic E-state index is 13.6. The highest BCUT2D eigenvalue weighted by Gasteiger charge is 2.28. The summed E-state index contributed by atoms with van der Waals surface area (Å²) in [6.07, 6.45) is 4.06. The van der Waals surface area contributed by atoms with E-state index in [0.29, 0.717) is 41.1 Å². The van der Waals surface area contributed by atoms with Crippen molar-refractivity contribution in [1.29, 1.82) is 0 Å². The fourth-order valence-electron chi connectivity index (χ4n) is 5.62. The number of ether oxygens (including phenoxy) is 1. The molecule has 38 heavy (non-hydrogen) atoms. The molecule has 0 bridgehead atoms. The topological polar surface area (TPSA) is 78.9 Å². The zero-order chi connectivity index (χ0) is 26.8. The maximum atomic E-state index is 13.6. The van der Waals surface area contributed by atoms with Crippen LogP contribution in [0.25, 0.3) is 11.1 Å². The third kappa shape index (κ3) is 5.67. The zero-order valence-corrected chi connectivity index (χ0v) is 21.7.